The van der Waals surface area contributed by atoms with Crippen molar-refractivity contribution in [2.45, 2.75) is 19.2 Å². The van der Waals surface area contributed by atoms with Gasteiger partial charge in [0.25, 0.3) is 11.7 Å². The Bertz CT molecular complexity index is 1390. The Balaban J connectivity index is 1.50. The molecule has 5 rings (SSSR count). The van der Waals surface area contributed by atoms with Gasteiger partial charge in [-0.15, -0.1) is 0 Å². The van der Waals surface area contributed by atoms with Gasteiger partial charge in [0.1, 0.15) is 23.9 Å². The van der Waals surface area contributed by atoms with Gasteiger partial charge in [-0.25, -0.2) is 0 Å². The number of hydrogen-bond donors (Lipinski definition) is 1. The molecule has 4 aromatic rings. The van der Waals surface area contributed by atoms with E-state index in [9.17, 15) is 14.7 Å². The smallest absolute Gasteiger partial charge is 0.296 e. The van der Waals surface area contributed by atoms with Crippen molar-refractivity contribution in [2.75, 3.05) is 0 Å². The Labute approximate surface area is 216 Å². The van der Waals surface area contributed by atoms with Gasteiger partial charge in [0.05, 0.1) is 24.4 Å². The average Bonchev–Trinajstić information content (AvgIpc) is 3.51. The minimum Gasteiger partial charge on any atom is -0.507 e. The van der Waals surface area contributed by atoms with Crippen LogP contribution < -0.4 is 4.74 Å². The SMILES string of the molecule is O=C1C(=O)N(Cc2ccco2)[C@H](c2ccc(OCc3ccccc3)cc2)C1=C(O)c1ccc(Br)cc1. The van der Waals surface area contributed by atoms with E-state index in [2.05, 4.69) is 15.9 Å². The standard InChI is InChI=1S/C29H22BrNO5/c30-22-12-8-21(9-13-22)27(32)25-26(31(29(34)28(25)33)17-24-7-4-16-35-24)20-10-14-23(15-11-20)36-18-19-5-2-1-3-6-19/h1-16,26,32H,17-18H2/t26-/m1/s1. The van der Waals surface area contributed by atoms with E-state index in [-0.39, 0.29) is 17.9 Å². The highest BCUT2D eigenvalue weighted by molar-refractivity contribution is 9.10. The summed E-state index contributed by atoms with van der Waals surface area (Å²) < 4.78 is 12.2. The molecule has 0 unspecified atom stereocenters. The van der Waals surface area contributed by atoms with E-state index >= 15 is 0 Å². The Morgan fingerprint density at radius 2 is 1.64 bits per heavy atom. The zero-order chi connectivity index (χ0) is 25.1. The lowest BCUT2D eigenvalue weighted by Crippen LogP contribution is -2.29. The summed E-state index contributed by atoms with van der Waals surface area (Å²) in [7, 11) is 0. The number of likely N-dealkylation sites (tertiary alicyclic amines) is 1. The lowest BCUT2D eigenvalue weighted by atomic mass is 9.95. The van der Waals surface area contributed by atoms with Crippen LogP contribution in [0.4, 0.5) is 0 Å². The lowest BCUT2D eigenvalue weighted by Gasteiger charge is -2.24. The molecule has 36 heavy (non-hydrogen) atoms. The molecule has 1 amide bonds. The van der Waals surface area contributed by atoms with E-state index in [0.29, 0.717) is 29.2 Å². The largest absolute Gasteiger partial charge is 0.507 e. The van der Waals surface area contributed by atoms with Crippen LogP contribution in [-0.4, -0.2) is 21.7 Å². The van der Waals surface area contributed by atoms with Gasteiger partial charge in [-0.05, 0) is 47.5 Å². The molecule has 6 nitrogen and oxygen atoms in total. The quantitative estimate of drug-likeness (QED) is 0.169. The monoisotopic (exact) mass is 543 g/mol. The predicted molar refractivity (Wildman–Crippen MR) is 138 cm³/mol. The molecule has 1 aliphatic heterocycles. The van der Waals surface area contributed by atoms with Gasteiger partial charge in [-0.1, -0.05) is 70.5 Å². The fraction of sp³-hybridized carbons (Fsp3) is 0.103. The highest BCUT2D eigenvalue weighted by Gasteiger charge is 2.46. The molecule has 1 aliphatic rings. The zero-order valence-electron chi connectivity index (χ0n) is 19.1. The summed E-state index contributed by atoms with van der Waals surface area (Å²) >= 11 is 3.38. The second-order valence-corrected chi connectivity index (χ2v) is 9.27. The number of aliphatic hydroxyl groups is 1. The maximum atomic E-state index is 13.2. The molecule has 3 aromatic carbocycles. The average molecular weight is 544 g/mol. The first kappa shape index (κ1) is 23.6. The Hall–Kier alpha value is -4.10. The molecule has 1 saturated heterocycles. The van der Waals surface area contributed by atoms with Crippen LogP contribution in [0, 0.1) is 0 Å². The van der Waals surface area contributed by atoms with E-state index < -0.39 is 17.7 Å². The molecule has 1 N–H and O–H groups in total. The summed E-state index contributed by atoms with van der Waals surface area (Å²) in [5, 5.41) is 11.2. The Kier molecular flexibility index (Phi) is 6.73. The van der Waals surface area contributed by atoms with Gasteiger partial charge < -0.3 is 19.2 Å². The van der Waals surface area contributed by atoms with Crippen molar-refractivity contribution in [1.29, 1.82) is 0 Å². The van der Waals surface area contributed by atoms with E-state index in [4.69, 9.17) is 9.15 Å². The maximum Gasteiger partial charge on any atom is 0.296 e. The van der Waals surface area contributed by atoms with Crippen molar-refractivity contribution in [3.05, 3.63) is 130 Å². The summed E-state index contributed by atoms with van der Waals surface area (Å²) in [6, 6.07) is 26.6. The fourth-order valence-corrected chi connectivity index (χ4v) is 4.47. The molecule has 0 saturated carbocycles. The van der Waals surface area contributed by atoms with E-state index in [0.717, 1.165) is 10.0 Å². The third-order valence-corrected chi connectivity index (χ3v) is 6.54. The number of halogens is 1. The number of benzene rings is 3. The summed E-state index contributed by atoms with van der Waals surface area (Å²) in [6.45, 7) is 0.506. The summed E-state index contributed by atoms with van der Waals surface area (Å²) in [5.74, 6) is -0.472. The number of carbonyl (C=O) groups excluding carboxylic acids is 2. The number of aliphatic hydroxyl groups excluding tert-OH is 1. The first-order chi connectivity index (χ1) is 17.5. The van der Waals surface area contributed by atoms with Crippen LogP contribution in [0.5, 0.6) is 5.75 Å². The number of ether oxygens (including phenoxy) is 1. The third-order valence-electron chi connectivity index (χ3n) is 6.01. The number of carbonyl (C=O) groups is 2. The van der Waals surface area contributed by atoms with Gasteiger partial charge in [-0.2, -0.15) is 0 Å². The second kappa shape index (κ2) is 10.3. The van der Waals surface area contributed by atoms with Crippen LogP contribution in [0.15, 0.2) is 112 Å². The van der Waals surface area contributed by atoms with Crippen LogP contribution in [0.3, 0.4) is 0 Å². The fourth-order valence-electron chi connectivity index (χ4n) is 4.21. The van der Waals surface area contributed by atoms with E-state index in [1.807, 2.05) is 30.3 Å². The van der Waals surface area contributed by atoms with E-state index in [1.54, 1.807) is 60.7 Å². The first-order valence-corrected chi connectivity index (χ1v) is 12.1. The molecule has 1 atom stereocenters. The molecule has 0 bridgehead atoms. The van der Waals surface area contributed by atoms with Gasteiger partial charge >= 0.3 is 0 Å². The van der Waals surface area contributed by atoms with Gasteiger partial charge in [0.15, 0.2) is 0 Å². The van der Waals surface area contributed by atoms with Crippen molar-refractivity contribution in [3.8, 4) is 5.75 Å². The summed E-state index contributed by atoms with van der Waals surface area (Å²) in [5.41, 5.74) is 2.20. The van der Waals surface area contributed by atoms with Crippen LogP contribution in [0.25, 0.3) is 5.76 Å². The third kappa shape index (κ3) is 4.83. The number of amides is 1. The van der Waals surface area contributed by atoms with Crippen molar-refractivity contribution >= 4 is 33.4 Å². The number of furan rings is 1. The Morgan fingerprint density at radius 1 is 0.917 bits per heavy atom. The minimum absolute atomic E-state index is 0.0341. The lowest BCUT2D eigenvalue weighted by molar-refractivity contribution is -0.140. The molecule has 180 valence electrons. The van der Waals surface area contributed by atoms with Gasteiger partial charge in [0.2, 0.25) is 0 Å². The van der Waals surface area contributed by atoms with Crippen molar-refractivity contribution < 1.29 is 23.8 Å². The van der Waals surface area contributed by atoms with Crippen molar-refractivity contribution in [1.82, 2.24) is 4.90 Å². The molecule has 0 radical (unpaired) electrons. The topological polar surface area (TPSA) is 80.0 Å². The highest BCUT2D eigenvalue weighted by atomic mass is 79.9. The maximum absolute atomic E-state index is 13.2. The van der Waals surface area contributed by atoms with Gasteiger partial charge in [-0.3, -0.25) is 9.59 Å². The van der Waals surface area contributed by atoms with Crippen molar-refractivity contribution in [3.63, 3.8) is 0 Å². The zero-order valence-corrected chi connectivity index (χ0v) is 20.7. The normalized spacial score (nSPS) is 16.9. The first-order valence-electron chi connectivity index (χ1n) is 11.3. The van der Waals surface area contributed by atoms with E-state index in [1.165, 1.54) is 11.2 Å². The molecule has 1 aromatic heterocycles. The summed E-state index contributed by atoms with van der Waals surface area (Å²) in [6.07, 6.45) is 1.52. The number of rotatable bonds is 7. The number of hydrogen-bond acceptors (Lipinski definition) is 5. The van der Waals surface area contributed by atoms with Crippen LogP contribution in [-0.2, 0) is 22.7 Å². The van der Waals surface area contributed by atoms with Crippen LogP contribution in [0.2, 0.25) is 0 Å². The predicted octanol–water partition coefficient (Wildman–Crippen LogP) is 6.24. The van der Waals surface area contributed by atoms with Crippen LogP contribution >= 0.6 is 15.9 Å². The molecule has 0 aliphatic carbocycles. The molecule has 2 heterocycles. The minimum atomic E-state index is -0.790. The molecule has 0 spiro atoms. The summed E-state index contributed by atoms with van der Waals surface area (Å²) in [4.78, 5) is 27.7. The van der Waals surface area contributed by atoms with Crippen LogP contribution in [0.1, 0.15) is 28.5 Å². The molecule has 7 heteroatoms. The molecular formula is C29H22BrNO5. The number of Topliss-reactive ketones (excluding diaryl/α,β-unsaturated/α-hetero) is 1. The molecular weight excluding hydrogens is 522 g/mol. The van der Waals surface area contributed by atoms with Crippen molar-refractivity contribution in [2.24, 2.45) is 0 Å². The number of nitrogens with zero attached hydrogens (tertiary/aromatic N) is 1. The van der Waals surface area contributed by atoms with Gasteiger partial charge in [0, 0.05) is 10.0 Å². The Morgan fingerprint density at radius 3 is 2.31 bits per heavy atom. The molecule has 1 fully saturated rings. The highest BCUT2D eigenvalue weighted by Crippen LogP contribution is 2.40. The number of ketones is 1. The second-order valence-electron chi connectivity index (χ2n) is 8.36.